The second-order valence-corrected chi connectivity index (χ2v) is 12.1. The van der Waals surface area contributed by atoms with Gasteiger partial charge < -0.3 is 20.3 Å². The first-order chi connectivity index (χ1) is 18.2. The summed E-state index contributed by atoms with van der Waals surface area (Å²) < 4.78 is 5.48. The van der Waals surface area contributed by atoms with Crippen LogP contribution in [0.15, 0.2) is 36.4 Å². The second-order valence-electron chi connectivity index (χ2n) is 11.7. The van der Waals surface area contributed by atoms with Crippen molar-refractivity contribution in [1.29, 1.82) is 0 Å². The summed E-state index contributed by atoms with van der Waals surface area (Å²) in [6.45, 7) is 15.0. The van der Waals surface area contributed by atoms with Gasteiger partial charge in [-0.1, -0.05) is 73.3 Å². The van der Waals surface area contributed by atoms with E-state index in [1.807, 2.05) is 65.0 Å². The lowest BCUT2D eigenvalue weighted by Crippen LogP contribution is -2.55. The third-order valence-electron chi connectivity index (χ3n) is 6.90. The number of benzene rings is 2. The summed E-state index contributed by atoms with van der Waals surface area (Å²) in [4.78, 5) is 42.9. The molecule has 39 heavy (non-hydrogen) atoms. The van der Waals surface area contributed by atoms with Crippen LogP contribution >= 0.6 is 11.6 Å². The lowest BCUT2D eigenvalue weighted by atomic mass is 9.94. The van der Waals surface area contributed by atoms with Crippen molar-refractivity contribution in [2.45, 2.75) is 98.4 Å². The molecule has 2 aromatic carbocycles. The summed E-state index contributed by atoms with van der Waals surface area (Å²) in [5.41, 5.74) is 3.33. The van der Waals surface area contributed by atoms with Crippen LogP contribution in [0.2, 0.25) is 5.02 Å². The number of alkyl carbamates (subject to hydrolysis) is 1. The summed E-state index contributed by atoms with van der Waals surface area (Å²) in [6, 6.07) is 9.47. The maximum absolute atomic E-state index is 14.4. The molecule has 0 aliphatic heterocycles. The number of para-hydroxylation sites is 1. The molecular formula is C31H42ClN3O4. The Hall–Kier alpha value is -3.06. The van der Waals surface area contributed by atoms with Crippen LogP contribution in [-0.4, -0.2) is 40.5 Å². The number of ether oxygens (including phenoxy) is 1. The molecule has 3 unspecified atom stereocenters. The standard InChI is InChI=1S/C31H42ClN3O4/c1-9-20(4)26(34-30(38)39-31(6,7)8)29(37)35(23-13-14-23)27(22-16-18(2)15-19(3)17-22)28(36)33-25-21(5)11-10-12-24(25)32/h10-12,15-17,20,23,26-27H,9,13-14H2,1-8H3,(H,33,36)(H,34,38). The highest BCUT2D eigenvalue weighted by molar-refractivity contribution is 6.34. The summed E-state index contributed by atoms with van der Waals surface area (Å²) in [5, 5.41) is 6.26. The van der Waals surface area contributed by atoms with E-state index in [1.54, 1.807) is 31.7 Å². The van der Waals surface area contributed by atoms with E-state index in [1.165, 1.54) is 0 Å². The van der Waals surface area contributed by atoms with Crippen molar-refractivity contribution in [3.8, 4) is 0 Å². The molecule has 7 nitrogen and oxygen atoms in total. The molecule has 0 aromatic heterocycles. The van der Waals surface area contributed by atoms with Gasteiger partial charge in [-0.05, 0) is 77.5 Å². The molecule has 1 aliphatic rings. The average Bonchev–Trinajstić information content (AvgIpc) is 3.65. The Bertz CT molecular complexity index is 1180. The normalized spacial score (nSPS) is 15.6. The molecule has 0 spiro atoms. The van der Waals surface area contributed by atoms with Gasteiger partial charge in [0.05, 0.1) is 10.7 Å². The molecule has 1 saturated carbocycles. The fourth-order valence-corrected chi connectivity index (χ4v) is 5.01. The maximum Gasteiger partial charge on any atom is 0.408 e. The van der Waals surface area contributed by atoms with E-state index in [2.05, 4.69) is 10.6 Å². The van der Waals surface area contributed by atoms with Crippen LogP contribution in [0.5, 0.6) is 0 Å². The first-order valence-electron chi connectivity index (χ1n) is 13.7. The molecule has 0 saturated heterocycles. The van der Waals surface area contributed by atoms with E-state index in [4.69, 9.17) is 16.3 Å². The summed E-state index contributed by atoms with van der Waals surface area (Å²) >= 11 is 6.46. The molecule has 3 amide bonds. The first kappa shape index (κ1) is 30.5. The van der Waals surface area contributed by atoms with E-state index in [0.717, 1.165) is 35.1 Å². The molecule has 0 radical (unpaired) electrons. The number of nitrogens with one attached hydrogen (secondary N) is 2. The number of nitrogens with zero attached hydrogens (tertiary/aromatic N) is 1. The van der Waals surface area contributed by atoms with Crippen molar-refractivity contribution in [1.82, 2.24) is 10.2 Å². The Morgan fingerprint density at radius 2 is 1.69 bits per heavy atom. The molecule has 3 atom stereocenters. The first-order valence-corrected chi connectivity index (χ1v) is 14.1. The van der Waals surface area contributed by atoms with Gasteiger partial charge in [0.1, 0.15) is 17.7 Å². The smallest absolute Gasteiger partial charge is 0.408 e. The van der Waals surface area contributed by atoms with Gasteiger partial charge in [-0.2, -0.15) is 0 Å². The zero-order valence-electron chi connectivity index (χ0n) is 24.4. The number of rotatable bonds is 9. The van der Waals surface area contributed by atoms with Crippen molar-refractivity contribution in [3.63, 3.8) is 0 Å². The third kappa shape index (κ3) is 7.98. The maximum atomic E-state index is 14.4. The van der Waals surface area contributed by atoms with Crippen molar-refractivity contribution < 1.29 is 19.1 Å². The lowest BCUT2D eigenvalue weighted by molar-refractivity contribution is -0.142. The molecule has 3 rings (SSSR count). The molecular weight excluding hydrogens is 514 g/mol. The average molecular weight is 556 g/mol. The van der Waals surface area contributed by atoms with Gasteiger partial charge in [0, 0.05) is 6.04 Å². The van der Waals surface area contributed by atoms with E-state index in [-0.39, 0.29) is 23.8 Å². The Morgan fingerprint density at radius 1 is 1.08 bits per heavy atom. The quantitative estimate of drug-likeness (QED) is 0.353. The fraction of sp³-hybridized carbons (Fsp3) is 0.516. The summed E-state index contributed by atoms with van der Waals surface area (Å²) in [5.74, 6) is -0.829. The van der Waals surface area contributed by atoms with Gasteiger partial charge in [-0.15, -0.1) is 0 Å². The van der Waals surface area contributed by atoms with E-state index in [0.29, 0.717) is 17.1 Å². The Kier molecular flexibility index (Phi) is 9.70. The molecule has 8 heteroatoms. The molecule has 0 bridgehead atoms. The van der Waals surface area contributed by atoms with E-state index < -0.39 is 23.8 Å². The molecule has 2 N–H and O–H groups in total. The number of amides is 3. The fourth-order valence-electron chi connectivity index (χ4n) is 4.74. The highest BCUT2D eigenvalue weighted by Crippen LogP contribution is 2.38. The van der Waals surface area contributed by atoms with Crippen molar-refractivity contribution in [3.05, 3.63) is 63.7 Å². The van der Waals surface area contributed by atoms with Gasteiger partial charge in [-0.25, -0.2) is 4.79 Å². The summed E-state index contributed by atoms with van der Waals surface area (Å²) in [7, 11) is 0. The molecule has 1 fully saturated rings. The highest BCUT2D eigenvalue weighted by atomic mass is 35.5. The Balaban J connectivity index is 2.07. The number of halogens is 1. The predicted octanol–water partition coefficient (Wildman–Crippen LogP) is 6.88. The van der Waals surface area contributed by atoms with Gasteiger partial charge in [0.15, 0.2) is 0 Å². The summed E-state index contributed by atoms with van der Waals surface area (Å²) in [6.07, 6.45) is 1.57. The Morgan fingerprint density at radius 3 is 2.21 bits per heavy atom. The third-order valence-corrected chi connectivity index (χ3v) is 7.22. The second kappa shape index (κ2) is 12.4. The largest absolute Gasteiger partial charge is 0.444 e. The number of aryl methyl sites for hydroxylation is 3. The predicted molar refractivity (Wildman–Crippen MR) is 156 cm³/mol. The zero-order valence-corrected chi connectivity index (χ0v) is 25.1. The van der Waals surface area contributed by atoms with Gasteiger partial charge in [0.25, 0.3) is 5.91 Å². The molecule has 0 heterocycles. The Labute approximate surface area is 237 Å². The van der Waals surface area contributed by atoms with Crippen molar-refractivity contribution in [2.75, 3.05) is 5.32 Å². The van der Waals surface area contributed by atoms with Gasteiger partial charge >= 0.3 is 6.09 Å². The minimum absolute atomic E-state index is 0.117. The number of carbonyl (C=O) groups excluding carboxylic acids is 3. The van der Waals surface area contributed by atoms with Crippen LogP contribution in [0.3, 0.4) is 0 Å². The van der Waals surface area contributed by atoms with Crippen LogP contribution in [0, 0.1) is 26.7 Å². The van der Waals surface area contributed by atoms with Crippen molar-refractivity contribution >= 4 is 35.2 Å². The molecule has 212 valence electrons. The highest BCUT2D eigenvalue weighted by Gasteiger charge is 2.45. The monoisotopic (exact) mass is 555 g/mol. The van der Waals surface area contributed by atoms with E-state index in [9.17, 15) is 14.4 Å². The minimum Gasteiger partial charge on any atom is -0.444 e. The number of hydrogen-bond donors (Lipinski definition) is 2. The van der Waals surface area contributed by atoms with Crippen LogP contribution in [0.4, 0.5) is 10.5 Å². The minimum atomic E-state index is -0.911. The molecule has 2 aromatic rings. The van der Waals surface area contributed by atoms with Gasteiger partial charge in [-0.3, -0.25) is 9.59 Å². The van der Waals surface area contributed by atoms with Gasteiger partial charge in [0.2, 0.25) is 5.91 Å². The number of anilines is 1. The SMILES string of the molecule is CCC(C)C(NC(=O)OC(C)(C)C)C(=O)N(C1CC1)C(C(=O)Nc1c(C)cccc1Cl)c1cc(C)cc(C)c1. The van der Waals surface area contributed by atoms with Crippen LogP contribution < -0.4 is 10.6 Å². The zero-order chi connectivity index (χ0) is 29.1. The molecule has 1 aliphatic carbocycles. The number of carbonyl (C=O) groups is 3. The van der Waals surface area contributed by atoms with Crippen LogP contribution in [0.25, 0.3) is 0 Å². The lowest BCUT2D eigenvalue weighted by Gasteiger charge is -2.36. The van der Waals surface area contributed by atoms with E-state index >= 15 is 0 Å². The van der Waals surface area contributed by atoms with Crippen molar-refractivity contribution in [2.24, 2.45) is 5.92 Å². The van der Waals surface area contributed by atoms with Crippen LogP contribution in [0.1, 0.15) is 82.2 Å². The van der Waals surface area contributed by atoms with Crippen LogP contribution in [-0.2, 0) is 14.3 Å². The topological polar surface area (TPSA) is 87.7 Å². The number of hydrogen-bond acceptors (Lipinski definition) is 4.